The fourth-order valence-corrected chi connectivity index (χ4v) is 2.59. The molecule has 0 radical (unpaired) electrons. The Labute approximate surface area is 86.3 Å². The summed E-state index contributed by atoms with van der Waals surface area (Å²) in [5, 5.41) is 8.87. The summed E-state index contributed by atoms with van der Waals surface area (Å²) >= 11 is 0. The van der Waals surface area contributed by atoms with E-state index in [2.05, 4.69) is 4.72 Å². The Morgan fingerprint density at radius 2 is 1.79 bits per heavy atom. The molecule has 0 aliphatic heterocycles. The first kappa shape index (κ1) is 13.8. The zero-order chi connectivity index (χ0) is 11.2. The standard InChI is InChI=1S/C8H20N2O3S/c1-4-8(7-11)9-14(12,13)10(5-2)6-3/h8-9,11H,4-7H2,1-3H3/t8-/m1/s1. The SMILES string of the molecule is CC[C@H](CO)NS(=O)(=O)N(CC)CC. The molecule has 0 unspecified atom stereocenters. The van der Waals surface area contributed by atoms with E-state index in [9.17, 15) is 8.42 Å². The number of nitrogens with zero attached hydrogens (tertiary/aromatic N) is 1. The van der Waals surface area contributed by atoms with Gasteiger partial charge in [-0.25, -0.2) is 0 Å². The van der Waals surface area contributed by atoms with Crippen molar-refractivity contribution in [1.82, 2.24) is 9.03 Å². The topological polar surface area (TPSA) is 69.6 Å². The van der Waals surface area contributed by atoms with Crippen molar-refractivity contribution >= 4 is 10.2 Å². The van der Waals surface area contributed by atoms with Crippen molar-refractivity contribution in [1.29, 1.82) is 0 Å². The van der Waals surface area contributed by atoms with Gasteiger partial charge in [-0.1, -0.05) is 20.8 Å². The molecule has 0 aromatic rings. The third-order valence-corrected chi connectivity index (χ3v) is 3.90. The van der Waals surface area contributed by atoms with Gasteiger partial charge in [0.25, 0.3) is 10.2 Å². The van der Waals surface area contributed by atoms with Crippen LogP contribution in [0.4, 0.5) is 0 Å². The quantitative estimate of drug-likeness (QED) is 0.636. The summed E-state index contributed by atoms with van der Waals surface area (Å²) in [5.41, 5.74) is 0. The predicted octanol–water partition coefficient (Wildman–Crippen LogP) is -0.0665. The Morgan fingerprint density at radius 3 is 2.07 bits per heavy atom. The molecule has 0 amide bonds. The summed E-state index contributed by atoms with van der Waals surface area (Å²) in [7, 11) is -3.42. The first-order chi connectivity index (χ1) is 6.51. The zero-order valence-electron chi connectivity index (χ0n) is 9.02. The molecule has 0 aliphatic rings. The summed E-state index contributed by atoms with van der Waals surface area (Å²) in [6, 6.07) is -0.388. The highest BCUT2D eigenvalue weighted by Gasteiger charge is 2.21. The highest BCUT2D eigenvalue weighted by molar-refractivity contribution is 7.87. The van der Waals surface area contributed by atoms with Crippen molar-refractivity contribution < 1.29 is 13.5 Å². The molecule has 0 aromatic carbocycles. The van der Waals surface area contributed by atoms with Crippen molar-refractivity contribution in [3.8, 4) is 0 Å². The lowest BCUT2D eigenvalue weighted by atomic mass is 10.3. The number of nitrogens with one attached hydrogen (secondary N) is 1. The van der Waals surface area contributed by atoms with Crippen molar-refractivity contribution in [2.24, 2.45) is 0 Å². The van der Waals surface area contributed by atoms with Crippen LogP contribution >= 0.6 is 0 Å². The molecule has 14 heavy (non-hydrogen) atoms. The Balaban J connectivity index is 4.46. The van der Waals surface area contributed by atoms with Gasteiger partial charge in [-0.15, -0.1) is 0 Å². The largest absolute Gasteiger partial charge is 0.395 e. The van der Waals surface area contributed by atoms with Gasteiger partial charge in [-0.2, -0.15) is 17.4 Å². The minimum absolute atomic E-state index is 0.170. The third-order valence-electron chi connectivity index (χ3n) is 2.07. The Morgan fingerprint density at radius 1 is 1.29 bits per heavy atom. The Kier molecular flexibility index (Phi) is 6.26. The summed E-state index contributed by atoms with van der Waals surface area (Å²) in [6.45, 7) is 6.09. The van der Waals surface area contributed by atoms with Crippen molar-refractivity contribution in [3.05, 3.63) is 0 Å². The van der Waals surface area contributed by atoms with E-state index >= 15 is 0 Å². The molecule has 1 atom stereocenters. The Bertz CT molecular complexity index is 233. The van der Waals surface area contributed by atoms with Crippen LogP contribution in [0, 0.1) is 0 Å². The van der Waals surface area contributed by atoms with E-state index < -0.39 is 10.2 Å². The van der Waals surface area contributed by atoms with E-state index in [0.717, 1.165) is 0 Å². The van der Waals surface area contributed by atoms with Crippen molar-refractivity contribution in [2.45, 2.75) is 33.2 Å². The predicted molar refractivity (Wildman–Crippen MR) is 56.1 cm³/mol. The van der Waals surface area contributed by atoms with Crippen LogP contribution in [-0.4, -0.2) is 43.6 Å². The maximum absolute atomic E-state index is 11.6. The van der Waals surface area contributed by atoms with Crippen LogP contribution in [-0.2, 0) is 10.2 Å². The molecule has 86 valence electrons. The molecule has 0 fully saturated rings. The van der Waals surface area contributed by atoms with E-state index in [0.29, 0.717) is 19.5 Å². The van der Waals surface area contributed by atoms with Crippen LogP contribution in [0.15, 0.2) is 0 Å². The summed E-state index contributed by atoms with van der Waals surface area (Å²) in [5.74, 6) is 0. The van der Waals surface area contributed by atoms with Crippen LogP contribution in [0.5, 0.6) is 0 Å². The lowest BCUT2D eigenvalue weighted by molar-refractivity contribution is 0.251. The van der Waals surface area contributed by atoms with E-state index in [1.807, 2.05) is 6.92 Å². The second-order valence-corrected chi connectivity index (χ2v) is 4.70. The molecule has 0 rings (SSSR count). The third kappa shape index (κ3) is 3.91. The smallest absolute Gasteiger partial charge is 0.279 e. The zero-order valence-corrected chi connectivity index (χ0v) is 9.84. The molecule has 0 spiro atoms. The number of hydrogen-bond donors (Lipinski definition) is 2. The van der Waals surface area contributed by atoms with Crippen LogP contribution in [0.2, 0.25) is 0 Å². The second-order valence-electron chi connectivity index (χ2n) is 2.99. The van der Waals surface area contributed by atoms with Gasteiger partial charge in [0.1, 0.15) is 0 Å². The van der Waals surface area contributed by atoms with Crippen molar-refractivity contribution in [3.63, 3.8) is 0 Å². The van der Waals surface area contributed by atoms with Crippen LogP contribution in [0.25, 0.3) is 0 Å². The molecule has 6 heteroatoms. The van der Waals surface area contributed by atoms with Crippen LogP contribution in [0.3, 0.4) is 0 Å². The van der Waals surface area contributed by atoms with Gasteiger partial charge in [0.15, 0.2) is 0 Å². The lowest BCUT2D eigenvalue weighted by Crippen LogP contribution is -2.46. The number of aliphatic hydroxyl groups is 1. The average molecular weight is 224 g/mol. The molecule has 0 saturated heterocycles. The molecule has 2 N–H and O–H groups in total. The van der Waals surface area contributed by atoms with Gasteiger partial charge in [0.05, 0.1) is 6.61 Å². The Hall–Kier alpha value is -0.170. The average Bonchev–Trinajstić information content (AvgIpc) is 2.15. The van der Waals surface area contributed by atoms with E-state index in [1.54, 1.807) is 13.8 Å². The summed E-state index contributed by atoms with van der Waals surface area (Å²) < 4.78 is 27.0. The molecule has 0 heterocycles. The fourth-order valence-electron chi connectivity index (χ4n) is 1.10. The van der Waals surface area contributed by atoms with E-state index in [-0.39, 0.29) is 12.6 Å². The minimum Gasteiger partial charge on any atom is -0.395 e. The molecule has 0 bridgehead atoms. The molecule has 0 saturated carbocycles. The van der Waals surface area contributed by atoms with E-state index in [4.69, 9.17) is 5.11 Å². The number of aliphatic hydroxyl groups excluding tert-OH is 1. The van der Waals surface area contributed by atoms with E-state index in [1.165, 1.54) is 4.31 Å². The van der Waals surface area contributed by atoms with Gasteiger partial charge >= 0.3 is 0 Å². The lowest BCUT2D eigenvalue weighted by Gasteiger charge is -2.22. The minimum atomic E-state index is -3.42. The number of rotatable bonds is 7. The molecule has 5 nitrogen and oxygen atoms in total. The van der Waals surface area contributed by atoms with Crippen LogP contribution in [0.1, 0.15) is 27.2 Å². The van der Waals surface area contributed by atoms with Gasteiger partial charge < -0.3 is 5.11 Å². The van der Waals surface area contributed by atoms with Gasteiger partial charge in [-0.05, 0) is 6.42 Å². The number of hydrogen-bond acceptors (Lipinski definition) is 3. The van der Waals surface area contributed by atoms with Gasteiger partial charge in [0, 0.05) is 19.1 Å². The highest BCUT2D eigenvalue weighted by atomic mass is 32.2. The molecule has 0 aromatic heterocycles. The first-order valence-electron chi connectivity index (χ1n) is 4.90. The van der Waals surface area contributed by atoms with Crippen molar-refractivity contribution in [2.75, 3.05) is 19.7 Å². The van der Waals surface area contributed by atoms with Gasteiger partial charge in [-0.3, -0.25) is 0 Å². The molecule has 0 aliphatic carbocycles. The molecular weight excluding hydrogens is 204 g/mol. The normalized spacial score (nSPS) is 14.6. The summed E-state index contributed by atoms with van der Waals surface area (Å²) in [4.78, 5) is 0. The second kappa shape index (κ2) is 6.34. The fraction of sp³-hybridized carbons (Fsp3) is 1.00. The van der Waals surface area contributed by atoms with Crippen LogP contribution < -0.4 is 4.72 Å². The highest BCUT2D eigenvalue weighted by Crippen LogP contribution is 2.00. The summed E-state index contributed by atoms with van der Waals surface area (Å²) in [6.07, 6.45) is 0.580. The maximum atomic E-state index is 11.6. The monoisotopic (exact) mass is 224 g/mol. The molecular formula is C8H20N2O3S. The maximum Gasteiger partial charge on any atom is 0.279 e. The first-order valence-corrected chi connectivity index (χ1v) is 6.34. The van der Waals surface area contributed by atoms with Gasteiger partial charge in [0.2, 0.25) is 0 Å².